The summed E-state index contributed by atoms with van der Waals surface area (Å²) in [6, 6.07) is 11.9. The number of fused-ring (bicyclic) bond motifs is 2. The molecule has 1 N–H and O–H groups in total. The molecule has 7 heteroatoms. The topological polar surface area (TPSA) is 62.3 Å². The van der Waals surface area contributed by atoms with Crippen molar-refractivity contribution in [3.63, 3.8) is 0 Å². The number of carbonyl (C=O) groups excluding carboxylic acids is 2. The molecule has 0 saturated carbocycles. The highest BCUT2D eigenvalue weighted by Crippen LogP contribution is 2.34. The first-order valence-corrected chi connectivity index (χ1v) is 9.01. The number of para-hydroxylation sites is 1. The van der Waals surface area contributed by atoms with Gasteiger partial charge in [-0.1, -0.05) is 18.2 Å². The smallest absolute Gasteiger partial charge is 0.230 e. The van der Waals surface area contributed by atoms with Gasteiger partial charge in [-0.15, -0.1) is 11.3 Å². The number of anilines is 1. The zero-order valence-corrected chi connectivity index (χ0v) is 14.8. The number of aromatic nitrogens is 1. The van der Waals surface area contributed by atoms with E-state index >= 15 is 0 Å². The Hall–Kier alpha value is -2.80. The van der Waals surface area contributed by atoms with Crippen LogP contribution in [0.15, 0.2) is 42.5 Å². The molecule has 1 atom stereocenters. The highest BCUT2D eigenvalue weighted by molar-refractivity contribution is 7.18. The Bertz CT molecular complexity index is 984. The van der Waals surface area contributed by atoms with E-state index in [-0.39, 0.29) is 18.2 Å². The number of likely N-dealkylation sites (N-methyl/N-ethyl adjacent to an activating group) is 1. The summed E-state index contributed by atoms with van der Waals surface area (Å²) >= 11 is 1.54. The van der Waals surface area contributed by atoms with Gasteiger partial charge in [0.25, 0.3) is 0 Å². The highest BCUT2D eigenvalue weighted by atomic mass is 32.1. The molecule has 0 unspecified atom stereocenters. The van der Waals surface area contributed by atoms with Gasteiger partial charge in [0.15, 0.2) is 0 Å². The SMILES string of the molecule is CN(Cc1nc2ccccc2s1)C(=O)[C@@H]1CC(=O)Nc2cc(F)ccc21. The normalized spacial score (nSPS) is 16.2. The third-order valence-electron chi connectivity index (χ3n) is 4.44. The summed E-state index contributed by atoms with van der Waals surface area (Å²) in [6.07, 6.45) is 0.0572. The van der Waals surface area contributed by atoms with Crippen molar-refractivity contribution in [2.75, 3.05) is 12.4 Å². The lowest BCUT2D eigenvalue weighted by Crippen LogP contribution is -2.36. The van der Waals surface area contributed by atoms with E-state index in [4.69, 9.17) is 0 Å². The Morgan fingerprint density at radius 2 is 2.15 bits per heavy atom. The van der Waals surface area contributed by atoms with Crippen LogP contribution >= 0.6 is 11.3 Å². The maximum atomic E-state index is 13.4. The molecule has 1 aromatic heterocycles. The van der Waals surface area contributed by atoms with Gasteiger partial charge >= 0.3 is 0 Å². The summed E-state index contributed by atoms with van der Waals surface area (Å²) in [5, 5.41) is 3.47. The standard InChI is InChI=1S/C19H16FN3O2S/c1-23(10-18-22-14-4-2-3-5-16(14)26-18)19(25)13-9-17(24)21-15-8-11(20)6-7-12(13)15/h2-8,13H,9-10H2,1H3,(H,21,24)/t13-/m1/s1. The van der Waals surface area contributed by atoms with Crippen LogP contribution in [0.5, 0.6) is 0 Å². The summed E-state index contributed by atoms with van der Waals surface area (Å²) in [6.45, 7) is 0.368. The summed E-state index contributed by atoms with van der Waals surface area (Å²) in [7, 11) is 1.70. The van der Waals surface area contributed by atoms with Crippen LogP contribution in [0.25, 0.3) is 10.2 Å². The Labute approximate surface area is 153 Å². The van der Waals surface area contributed by atoms with Crippen LogP contribution in [-0.4, -0.2) is 28.7 Å². The molecular weight excluding hydrogens is 353 g/mol. The van der Waals surface area contributed by atoms with Gasteiger partial charge in [-0.2, -0.15) is 0 Å². The number of halogens is 1. The molecule has 2 heterocycles. The van der Waals surface area contributed by atoms with E-state index in [0.29, 0.717) is 17.8 Å². The zero-order chi connectivity index (χ0) is 18.3. The van der Waals surface area contributed by atoms with Gasteiger partial charge in [0.05, 0.1) is 22.7 Å². The molecule has 4 rings (SSSR count). The van der Waals surface area contributed by atoms with Gasteiger partial charge < -0.3 is 10.2 Å². The van der Waals surface area contributed by atoms with Gasteiger partial charge in [0.1, 0.15) is 10.8 Å². The Morgan fingerprint density at radius 3 is 2.96 bits per heavy atom. The molecule has 1 aliphatic rings. The summed E-state index contributed by atoms with van der Waals surface area (Å²) in [5.41, 5.74) is 1.92. The monoisotopic (exact) mass is 369 g/mol. The van der Waals surface area contributed by atoms with Crippen molar-refractivity contribution in [1.29, 1.82) is 0 Å². The molecule has 5 nitrogen and oxygen atoms in total. The van der Waals surface area contributed by atoms with Crippen molar-refractivity contribution in [1.82, 2.24) is 9.88 Å². The average molecular weight is 369 g/mol. The number of nitrogens with zero attached hydrogens (tertiary/aromatic N) is 2. The van der Waals surface area contributed by atoms with Crippen LogP contribution in [0.4, 0.5) is 10.1 Å². The third-order valence-corrected chi connectivity index (χ3v) is 5.46. The lowest BCUT2D eigenvalue weighted by molar-refractivity contribution is -0.134. The van der Waals surface area contributed by atoms with Crippen molar-refractivity contribution in [3.05, 3.63) is 58.9 Å². The average Bonchev–Trinajstić information content (AvgIpc) is 3.02. The first-order chi connectivity index (χ1) is 12.5. The molecule has 26 heavy (non-hydrogen) atoms. The van der Waals surface area contributed by atoms with Crippen LogP contribution in [0, 0.1) is 5.82 Å². The van der Waals surface area contributed by atoms with E-state index < -0.39 is 11.7 Å². The number of amides is 2. The highest BCUT2D eigenvalue weighted by Gasteiger charge is 2.32. The predicted octanol–water partition coefficient (Wildman–Crippen LogP) is 3.52. The number of thiazole rings is 1. The van der Waals surface area contributed by atoms with E-state index in [0.717, 1.165) is 15.2 Å². The minimum absolute atomic E-state index is 0.0572. The number of hydrogen-bond acceptors (Lipinski definition) is 4. The number of hydrogen-bond donors (Lipinski definition) is 1. The molecule has 0 spiro atoms. The van der Waals surface area contributed by atoms with Crippen LogP contribution in [-0.2, 0) is 16.1 Å². The lowest BCUT2D eigenvalue weighted by atomic mass is 9.89. The number of nitrogens with one attached hydrogen (secondary N) is 1. The zero-order valence-electron chi connectivity index (χ0n) is 14.0. The fourth-order valence-electron chi connectivity index (χ4n) is 3.19. The van der Waals surface area contributed by atoms with Gasteiger partial charge in [-0.25, -0.2) is 9.37 Å². The van der Waals surface area contributed by atoms with Crippen molar-refractivity contribution in [2.24, 2.45) is 0 Å². The summed E-state index contributed by atoms with van der Waals surface area (Å²) in [4.78, 5) is 31.0. The van der Waals surface area contributed by atoms with E-state index in [1.54, 1.807) is 29.4 Å². The minimum Gasteiger partial charge on any atom is -0.338 e. The second-order valence-corrected chi connectivity index (χ2v) is 7.42. The first kappa shape index (κ1) is 16.7. The van der Waals surface area contributed by atoms with Crippen LogP contribution in [0.1, 0.15) is 22.9 Å². The van der Waals surface area contributed by atoms with E-state index in [2.05, 4.69) is 10.3 Å². The maximum absolute atomic E-state index is 13.4. The number of rotatable bonds is 3. The molecule has 0 radical (unpaired) electrons. The largest absolute Gasteiger partial charge is 0.338 e. The molecule has 132 valence electrons. The molecule has 2 aromatic carbocycles. The second kappa shape index (κ2) is 6.49. The van der Waals surface area contributed by atoms with Crippen molar-refractivity contribution < 1.29 is 14.0 Å². The fraction of sp³-hybridized carbons (Fsp3) is 0.211. The van der Waals surface area contributed by atoms with Gasteiger partial charge in [0.2, 0.25) is 11.8 Å². The molecule has 0 fully saturated rings. The molecule has 2 amide bonds. The lowest BCUT2D eigenvalue weighted by Gasteiger charge is -2.28. The third kappa shape index (κ3) is 3.06. The predicted molar refractivity (Wildman–Crippen MR) is 98.5 cm³/mol. The van der Waals surface area contributed by atoms with Crippen molar-refractivity contribution in [2.45, 2.75) is 18.9 Å². The fourth-order valence-corrected chi connectivity index (χ4v) is 4.21. The second-order valence-electron chi connectivity index (χ2n) is 6.31. The van der Waals surface area contributed by atoms with Crippen LogP contribution < -0.4 is 5.32 Å². The van der Waals surface area contributed by atoms with Crippen molar-refractivity contribution >= 4 is 39.1 Å². The van der Waals surface area contributed by atoms with Gasteiger partial charge in [0, 0.05) is 19.2 Å². The van der Waals surface area contributed by atoms with E-state index in [1.165, 1.54) is 12.1 Å². The molecule has 0 bridgehead atoms. The van der Waals surface area contributed by atoms with Crippen LogP contribution in [0.2, 0.25) is 0 Å². The summed E-state index contributed by atoms with van der Waals surface area (Å²) in [5.74, 6) is -1.51. The van der Waals surface area contributed by atoms with E-state index in [9.17, 15) is 14.0 Å². The first-order valence-electron chi connectivity index (χ1n) is 8.20. The Kier molecular flexibility index (Phi) is 4.16. The summed E-state index contributed by atoms with van der Waals surface area (Å²) < 4.78 is 14.5. The molecular formula is C19H16FN3O2S. The maximum Gasteiger partial charge on any atom is 0.230 e. The van der Waals surface area contributed by atoms with E-state index in [1.807, 2.05) is 24.3 Å². The minimum atomic E-state index is -0.612. The molecule has 3 aromatic rings. The molecule has 0 saturated heterocycles. The quantitative estimate of drug-likeness (QED) is 0.768. The number of carbonyl (C=O) groups is 2. The van der Waals surface area contributed by atoms with Gasteiger partial charge in [-0.05, 0) is 29.8 Å². The van der Waals surface area contributed by atoms with Crippen molar-refractivity contribution in [3.8, 4) is 0 Å². The molecule has 1 aliphatic heterocycles. The van der Waals surface area contributed by atoms with Gasteiger partial charge in [-0.3, -0.25) is 9.59 Å². The molecule has 0 aliphatic carbocycles. The Morgan fingerprint density at radius 1 is 1.35 bits per heavy atom. The van der Waals surface area contributed by atoms with Crippen LogP contribution in [0.3, 0.4) is 0 Å². The Balaban J connectivity index is 1.58. The number of benzene rings is 2.